The van der Waals surface area contributed by atoms with Crippen LogP contribution in [0, 0.1) is 0 Å². The molecule has 0 saturated carbocycles. The topological polar surface area (TPSA) is 66.0 Å². The number of rotatable bonds is 8. The summed E-state index contributed by atoms with van der Waals surface area (Å²) in [6.45, 7) is 2.34. The summed E-state index contributed by atoms with van der Waals surface area (Å²) in [7, 11) is 3.14. The number of benzene rings is 2. The van der Waals surface area contributed by atoms with Crippen molar-refractivity contribution >= 4 is 11.6 Å². The predicted octanol–water partition coefficient (Wildman–Crippen LogP) is 3.12. The molecule has 1 N–H and O–H groups in total. The maximum atomic E-state index is 12.0. The first-order valence-electron chi connectivity index (χ1n) is 7.53. The van der Waals surface area contributed by atoms with Crippen LogP contribution in [-0.2, 0) is 4.79 Å². The highest BCUT2D eigenvalue weighted by Gasteiger charge is 2.08. The Kier molecular flexibility index (Phi) is 6.31. The van der Waals surface area contributed by atoms with Crippen molar-refractivity contribution < 1.29 is 23.7 Å². The summed E-state index contributed by atoms with van der Waals surface area (Å²) in [6.07, 6.45) is 0. The van der Waals surface area contributed by atoms with Crippen molar-refractivity contribution in [1.29, 1.82) is 0 Å². The van der Waals surface area contributed by atoms with E-state index < -0.39 is 0 Å². The minimum Gasteiger partial charge on any atom is -0.497 e. The van der Waals surface area contributed by atoms with Crippen LogP contribution in [0.25, 0.3) is 0 Å². The van der Waals surface area contributed by atoms with Gasteiger partial charge in [-0.2, -0.15) is 0 Å². The monoisotopic (exact) mass is 331 g/mol. The van der Waals surface area contributed by atoms with Crippen LogP contribution in [0.1, 0.15) is 6.92 Å². The molecule has 0 atom stereocenters. The Morgan fingerprint density at radius 3 is 2.25 bits per heavy atom. The Bertz CT molecular complexity index is 670. The van der Waals surface area contributed by atoms with E-state index in [4.69, 9.17) is 18.9 Å². The molecule has 2 rings (SSSR count). The number of amides is 1. The maximum Gasteiger partial charge on any atom is 0.262 e. The standard InChI is InChI=1S/C18H21NO5/c1-4-23-16-10-5-13(11-17(16)22-3)19-18(20)12-24-15-8-6-14(21-2)7-9-15/h5-11H,4,12H2,1-3H3,(H,19,20). The minimum absolute atomic E-state index is 0.0954. The van der Waals surface area contributed by atoms with Crippen LogP contribution < -0.4 is 24.3 Å². The molecule has 0 aliphatic carbocycles. The van der Waals surface area contributed by atoms with E-state index in [1.54, 1.807) is 56.7 Å². The fraction of sp³-hybridized carbons (Fsp3) is 0.278. The third-order valence-electron chi connectivity index (χ3n) is 3.18. The molecule has 2 aromatic carbocycles. The number of hydrogen-bond acceptors (Lipinski definition) is 5. The second-order valence-corrected chi connectivity index (χ2v) is 4.81. The van der Waals surface area contributed by atoms with Gasteiger partial charge >= 0.3 is 0 Å². The number of nitrogens with one attached hydrogen (secondary N) is 1. The molecule has 6 heteroatoms. The van der Waals surface area contributed by atoms with Crippen LogP contribution in [0.4, 0.5) is 5.69 Å². The lowest BCUT2D eigenvalue weighted by Gasteiger charge is -2.12. The Morgan fingerprint density at radius 1 is 0.917 bits per heavy atom. The smallest absolute Gasteiger partial charge is 0.262 e. The quantitative estimate of drug-likeness (QED) is 0.805. The highest BCUT2D eigenvalue weighted by Crippen LogP contribution is 2.30. The molecule has 0 bridgehead atoms. The van der Waals surface area contributed by atoms with Crippen LogP contribution in [0.3, 0.4) is 0 Å². The van der Waals surface area contributed by atoms with Crippen molar-refractivity contribution in [2.24, 2.45) is 0 Å². The van der Waals surface area contributed by atoms with E-state index in [1.165, 1.54) is 0 Å². The normalized spacial score (nSPS) is 9.96. The van der Waals surface area contributed by atoms with Gasteiger partial charge in [-0.25, -0.2) is 0 Å². The van der Waals surface area contributed by atoms with Crippen molar-refractivity contribution in [2.75, 3.05) is 32.8 Å². The SMILES string of the molecule is CCOc1ccc(NC(=O)COc2ccc(OC)cc2)cc1OC. The maximum absolute atomic E-state index is 12.0. The van der Waals surface area contributed by atoms with Gasteiger partial charge in [0.1, 0.15) is 11.5 Å². The van der Waals surface area contributed by atoms with Gasteiger partial charge in [0.25, 0.3) is 5.91 Å². The van der Waals surface area contributed by atoms with Crippen LogP contribution in [0.5, 0.6) is 23.0 Å². The lowest BCUT2D eigenvalue weighted by Crippen LogP contribution is -2.20. The van der Waals surface area contributed by atoms with Crippen LogP contribution in [0.15, 0.2) is 42.5 Å². The summed E-state index contributed by atoms with van der Waals surface area (Å²) in [5.74, 6) is 2.25. The van der Waals surface area contributed by atoms with Crippen molar-refractivity contribution in [2.45, 2.75) is 6.92 Å². The summed E-state index contributed by atoms with van der Waals surface area (Å²) in [4.78, 5) is 12.0. The summed E-state index contributed by atoms with van der Waals surface area (Å²) in [5.41, 5.74) is 0.610. The van der Waals surface area contributed by atoms with Gasteiger partial charge in [0, 0.05) is 11.8 Å². The molecule has 1 amide bonds. The Morgan fingerprint density at radius 2 is 1.62 bits per heavy atom. The van der Waals surface area contributed by atoms with Gasteiger partial charge in [-0.3, -0.25) is 4.79 Å². The highest BCUT2D eigenvalue weighted by molar-refractivity contribution is 5.92. The van der Waals surface area contributed by atoms with Crippen LogP contribution in [0.2, 0.25) is 0 Å². The molecule has 24 heavy (non-hydrogen) atoms. The first-order chi connectivity index (χ1) is 11.7. The van der Waals surface area contributed by atoms with E-state index >= 15 is 0 Å². The predicted molar refractivity (Wildman–Crippen MR) is 91.3 cm³/mol. The van der Waals surface area contributed by atoms with Gasteiger partial charge < -0.3 is 24.3 Å². The number of carbonyl (C=O) groups excluding carboxylic acids is 1. The molecule has 2 aromatic rings. The van der Waals surface area contributed by atoms with Crippen LogP contribution >= 0.6 is 0 Å². The zero-order valence-electron chi connectivity index (χ0n) is 14.0. The first kappa shape index (κ1) is 17.5. The zero-order valence-corrected chi connectivity index (χ0v) is 14.0. The molecule has 6 nitrogen and oxygen atoms in total. The molecule has 0 spiro atoms. The van der Waals surface area contributed by atoms with Crippen LogP contribution in [-0.4, -0.2) is 33.3 Å². The molecule has 0 radical (unpaired) electrons. The third kappa shape index (κ3) is 4.81. The fourth-order valence-electron chi connectivity index (χ4n) is 2.04. The number of ether oxygens (including phenoxy) is 4. The first-order valence-corrected chi connectivity index (χ1v) is 7.53. The molecule has 128 valence electrons. The molecule has 0 aromatic heterocycles. The van der Waals surface area contributed by atoms with Gasteiger partial charge in [-0.05, 0) is 43.3 Å². The largest absolute Gasteiger partial charge is 0.497 e. The Labute approximate surface area is 141 Å². The minimum atomic E-state index is -0.267. The average Bonchev–Trinajstić information content (AvgIpc) is 2.62. The molecule has 0 heterocycles. The van der Waals surface area contributed by atoms with Crippen molar-refractivity contribution in [3.63, 3.8) is 0 Å². The van der Waals surface area contributed by atoms with Gasteiger partial charge in [0.05, 0.1) is 20.8 Å². The number of hydrogen-bond donors (Lipinski definition) is 1. The molecule has 0 unspecified atom stereocenters. The molecular weight excluding hydrogens is 310 g/mol. The lowest BCUT2D eigenvalue weighted by atomic mass is 10.2. The van der Waals surface area contributed by atoms with E-state index in [0.29, 0.717) is 29.5 Å². The van der Waals surface area contributed by atoms with E-state index in [9.17, 15) is 4.79 Å². The van der Waals surface area contributed by atoms with Crippen molar-refractivity contribution in [3.8, 4) is 23.0 Å². The fourth-order valence-corrected chi connectivity index (χ4v) is 2.04. The Balaban J connectivity index is 1.91. The van der Waals surface area contributed by atoms with E-state index in [-0.39, 0.29) is 12.5 Å². The van der Waals surface area contributed by atoms with Crippen molar-refractivity contribution in [3.05, 3.63) is 42.5 Å². The summed E-state index contributed by atoms with van der Waals surface area (Å²) >= 11 is 0. The second-order valence-electron chi connectivity index (χ2n) is 4.81. The number of anilines is 1. The van der Waals surface area contributed by atoms with E-state index in [2.05, 4.69) is 5.32 Å². The van der Waals surface area contributed by atoms with Crippen molar-refractivity contribution in [1.82, 2.24) is 0 Å². The third-order valence-corrected chi connectivity index (χ3v) is 3.18. The van der Waals surface area contributed by atoms with Gasteiger partial charge in [0.2, 0.25) is 0 Å². The zero-order chi connectivity index (χ0) is 17.4. The van der Waals surface area contributed by atoms with Gasteiger partial charge in [-0.15, -0.1) is 0 Å². The summed E-state index contributed by atoms with van der Waals surface area (Å²) in [6, 6.07) is 12.2. The highest BCUT2D eigenvalue weighted by atomic mass is 16.5. The number of carbonyl (C=O) groups is 1. The van der Waals surface area contributed by atoms with E-state index in [0.717, 1.165) is 5.75 Å². The Hall–Kier alpha value is -2.89. The summed E-state index contributed by atoms with van der Waals surface area (Å²) in [5, 5.41) is 2.75. The lowest BCUT2D eigenvalue weighted by molar-refractivity contribution is -0.118. The summed E-state index contributed by atoms with van der Waals surface area (Å²) < 4.78 is 21.2. The van der Waals surface area contributed by atoms with Gasteiger partial charge in [-0.1, -0.05) is 0 Å². The second kappa shape index (κ2) is 8.67. The molecule has 0 aliphatic rings. The average molecular weight is 331 g/mol. The number of methoxy groups -OCH3 is 2. The van der Waals surface area contributed by atoms with Gasteiger partial charge in [0.15, 0.2) is 18.1 Å². The molecule has 0 aliphatic heterocycles. The molecule has 0 saturated heterocycles. The molecular formula is C18H21NO5. The molecule has 0 fully saturated rings. The van der Waals surface area contributed by atoms with E-state index in [1.807, 2.05) is 6.92 Å².